The van der Waals surface area contributed by atoms with Crippen molar-refractivity contribution in [3.63, 3.8) is 0 Å². The Bertz CT molecular complexity index is 719. The number of allylic oxidation sites excluding steroid dienone is 2. The van der Waals surface area contributed by atoms with E-state index in [4.69, 9.17) is 9.84 Å². The van der Waals surface area contributed by atoms with Gasteiger partial charge in [-0.1, -0.05) is 82.9 Å². The normalized spacial score (nSPS) is 11.0. The van der Waals surface area contributed by atoms with E-state index in [2.05, 4.69) is 23.8 Å². The van der Waals surface area contributed by atoms with E-state index in [1.165, 1.54) is 89.1 Å². The van der Waals surface area contributed by atoms with E-state index in [0.717, 1.165) is 12.8 Å². The maximum absolute atomic E-state index is 11.6. The Labute approximate surface area is 212 Å². The molecule has 0 aromatic heterocycles. The first-order chi connectivity index (χ1) is 17.1. The molecule has 1 aromatic rings. The quantitative estimate of drug-likeness (QED) is 0.106. The van der Waals surface area contributed by atoms with Crippen LogP contribution in [0.5, 0.6) is 5.75 Å². The summed E-state index contributed by atoms with van der Waals surface area (Å²) in [5, 5.41) is 9.14. The van der Waals surface area contributed by atoms with E-state index in [1.54, 1.807) is 18.2 Å². The average molecular weight is 490 g/mol. The van der Waals surface area contributed by atoms with Crippen LogP contribution in [0.15, 0.2) is 36.4 Å². The van der Waals surface area contributed by atoms with Crippen LogP contribution in [0.25, 0.3) is 0 Å². The molecule has 0 aliphatic rings. The first-order valence-corrected chi connectivity index (χ1v) is 13.5. The standard InChI is InChI=1S/C29H47NO5/c1-3-4-5-6-7-8-9-10-11-12-13-14-15-16-17-18-22-35-27-21-19-20-26(23-27)30(24-28(31)32)25-29(33)34-2/h10-11,19-21,23H,3-9,12-18,22,24-25H2,1-2H3,(H,31,32). The lowest BCUT2D eigenvalue weighted by Gasteiger charge is -2.22. The largest absolute Gasteiger partial charge is 0.494 e. The SMILES string of the molecule is CCCCCCCCC=CCCCCCCCCOc1cccc(N(CC(=O)O)CC(=O)OC)c1. The number of carboxylic acid groups (broad SMARTS) is 1. The van der Waals surface area contributed by atoms with Crippen LogP contribution in [0, 0.1) is 0 Å². The minimum atomic E-state index is -1.01. The molecule has 0 radical (unpaired) electrons. The van der Waals surface area contributed by atoms with Crippen molar-refractivity contribution in [1.29, 1.82) is 0 Å². The van der Waals surface area contributed by atoms with Crippen molar-refractivity contribution >= 4 is 17.6 Å². The number of esters is 1. The van der Waals surface area contributed by atoms with E-state index < -0.39 is 11.9 Å². The summed E-state index contributed by atoms with van der Waals surface area (Å²) in [6.07, 6.45) is 22.5. The summed E-state index contributed by atoms with van der Waals surface area (Å²) in [5.74, 6) is -0.818. The van der Waals surface area contributed by atoms with Crippen molar-refractivity contribution in [2.75, 3.05) is 31.7 Å². The molecule has 0 aliphatic carbocycles. The number of methoxy groups -OCH3 is 1. The van der Waals surface area contributed by atoms with Gasteiger partial charge in [0.2, 0.25) is 0 Å². The fraction of sp³-hybridized carbons (Fsp3) is 0.655. The van der Waals surface area contributed by atoms with Crippen molar-refractivity contribution in [2.45, 2.75) is 96.8 Å². The average Bonchev–Trinajstić information content (AvgIpc) is 2.85. The van der Waals surface area contributed by atoms with E-state index in [9.17, 15) is 9.59 Å². The summed E-state index contributed by atoms with van der Waals surface area (Å²) in [5.41, 5.74) is 0.622. The molecule has 0 spiro atoms. The van der Waals surface area contributed by atoms with Crippen molar-refractivity contribution in [1.82, 2.24) is 0 Å². The van der Waals surface area contributed by atoms with Crippen molar-refractivity contribution in [2.24, 2.45) is 0 Å². The van der Waals surface area contributed by atoms with Crippen molar-refractivity contribution in [3.05, 3.63) is 36.4 Å². The fourth-order valence-corrected chi connectivity index (χ4v) is 3.93. The summed E-state index contributed by atoms with van der Waals surface area (Å²) in [6.45, 7) is 2.48. The van der Waals surface area contributed by atoms with Gasteiger partial charge in [-0.2, -0.15) is 0 Å². The minimum Gasteiger partial charge on any atom is -0.494 e. The molecule has 0 aliphatic heterocycles. The van der Waals surface area contributed by atoms with Gasteiger partial charge < -0.3 is 19.5 Å². The molecule has 0 saturated heterocycles. The molecule has 35 heavy (non-hydrogen) atoms. The molecule has 198 valence electrons. The van der Waals surface area contributed by atoms with Crippen LogP contribution in [-0.4, -0.2) is 43.9 Å². The van der Waals surface area contributed by atoms with Crippen LogP contribution >= 0.6 is 0 Å². The zero-order chi connectivity index (χ0) is 25.6. The molecule has 0 heterocycles. The van der Waals surface area contributed by atoms with Gasteiger partial charge in [0.1, 0.15) is 18.8 Å². The Morgan fingerprint density at radius 3 is 2.06 bits per heavy atom. The third kappa shape index (κ3) is 16.7. The number of anilines is 1. The number of benzene rings is 1. The lowest BCUT2D eigenvalue weighted by atomic mass is 10.1. The van der Waals surface area contributed by atoms with E-state index in [1.807, 2.05) is 6.07 Å². The second kappa shape index (κ2) is 20.8. The second-order valence-corrected chi connectivity index (χ2v) is 9.11. The molecule has 0 atom stereocenters. The van der Waals surface area contributed by atoms with Gasteiger partial charge in [-0.25, -0.2) is 0 Å². The molecule has 0 amide bonds. The highest BCUT2D eigenvalue weighted by Crippen LogP contribution is 2.22. The summed E-state index contributed by atoms with van der Waals surface area (Å²) in [4.78, 5) is 24.2. The molecule has 0 saturated carbocycles. The lowest BCUT2D eigenvalue weighted by Crippen LogP contribution is -2.35. The monoisotopic (exact) mass is 489 g/mol. The zero-order valence-corrected chi connectivity index (χ0v) is 22.0. The molecule has 1 aromatic carbocycles. The number of aliphatic carboxylic acids is 1. The third-order valence-electron chi connectivity index (χ3n) is 5.98. The predicted molar refractivity (Wildman–Crippen MR) is 143 cm³/mol. The Kier molecular flexibility index (Phi) is 18.2. The Morgan fingerprint density at radius 1 is 0.857 bits per heavy atom. The highest BCUT2D eigenvalue weighted by Gasteiger charge is 2.15. The highest BCUT2D eigenvalue weighted by atomic mass is 16.5. The molecular weight excluding hydrogens is 442 g/mol. The van der Waals surface area contributed by atoms with Gasteiger partial charge in [0.05, 0.1) is 13.7 Å². The van der Waals surface area contributed by atoms with E-state index >= 15 is 0 Å². The molecule has 0 bridgehead atoms. The fourth-order valence-electron chi connectivity index (χ4n) is 3.93. The van der Waals surface area contributed by atoms with Gasteiger partial charge >= 0.3 is 11.9 Å². The number of carboxylic acids is 1. The number of hydrogen-bond donors (Lipinski definition) is 1. The third-order valence-corrected chi connectivity index (χ3v) is 5.98. The summed E-state index contributed by atoms with van der Waals surface area (Å²) in [7, 11) is 1.29. The molecule has 0 unspecified atom stereocenters. The van der Waals surface area contributed by atoms with Crippen molar-refractivity contribution < 1.29 is 24.2 Å². The van der Waals surface area contributed by atoms with Gasteiger partial charge in [-0.15, -0.1) is 0 Å². The molecular formula is C29H47NO5. The minimum absolute atomic E-state index is 0.124. The number of hydrogen-bond acceptors (Lipinski definition) is 5. The van der Waals surface area contributed by atoms with Crippen LogP contribution in [-0.2, 0) is 14.3 Å². The molecule has 0 fully saturated rings. The van der Waals surface area contributed by atoms with E-state index in [0.29, 0.717) is 18.0 Å². The summed E-state index contributed by atoms with van der Waals surface area (Å²) < 4.78 is 10.5. The predicted octanol–water partition coefficient (Wildman–Crippen LogP) is 7.17. The molecule has 6 heteroatoms. The van der Waals surface area contributed by atoms with Crippen LogP contribution in [0.1, 0.15) is 96.8 Å². The topological polar surface area (TPSA) is 76.1 Å². The highest BCUT2D eigenvalue weighted by molar-refractivity contribution is 5.80. The number of ether oxygens (including phenoxy) is 2. The lowest BCUT2D eigenvalue weighted by molar-refractivity contribution is -0.139. The van der Waals surface area contributed by atoms with Gasteiger partial charge in [0.15, 0.2) is 0 Å². The first kappa shape index (κ1) is 30.5. The van der Waals surface area contributed by atoms with Crippen LogP contribution in [0.2, 0.25) is 0 Å². The number of nitrogens with zero attached hydrogens (tertiary/aromatic N) is 1. The number of carbonyl (C=O) groups excluding carboxylic acids is 1. The Hall–Kier alpha value is -2.50. The Morgan fingerprint density at radius 2 is 1.46 bits per heavy atom. The van der Waals surface area contributed by atoms with E-state index in [-0.39, 0.29) is 13.1 Å². The smallest absolute Gasteiger partial charge is 0.325 e. The zero-order valence-electron chi connectivity index (χ0n) is 22.0. The van der Waals surface area contributed by atoms with Crippen molar-refractivity contribution in [3.8, 4) is 5.75 Å². The van der Waals surface area contributed by atoms with Gasteiger partial charge in [-0.05, 0) is 44.2 Å². The summed E-state index contributed by atoms with van der Waals surface area (Å²) in [6, 6.07) is 7.19. The summed E-state index contributed by atoms with van der Waals surface area (Å²) >= 11 is 0. The van der Waals surface area contributed by atoms with Crippen LogP contribution in [0.3, 0.4) is 0 Å². The number of unbranched alkanes of at least 4 members (excludes halogenated alkanes) is 12. The van der Waals surface area contributed by atoms with Crippen LogP contribution in [0.4, 0.5) is 5.69 Å². The van der Waals surface area contributed by atoms with Gasteiger partial charge in [0, 0.05) is 11.8 Å². The van der Waals surface area contributed by atoms with Gasteiger partial charge in [0.25, 0.3) is 0 Å². The molecule has 1 rings (SSSR count). The van der Waals surface area contributed by atoms with Gasteiger partial charge in [-0.3, -0.25) is 9.59 Å². The second-order valence-electron chi connectivity index (χ2n) is 9.11. The Balaban J connectivity index is 2.11. The van der Waals surface area contributed by atoms with Crippen LogP contribution < -0.4 is 9.64 Å². The molecule has 1 N–H and O–H groups in total. The maximum atomic E-state index is 11.6. The number of carbonyl (C=O) groups is 2. The molecule has 6 nitrogen and oxygen atoms in total. The maximum Gasteiger partial charge on any atom is 0.325 e. The number of rotatable bonds is 22. The first-order valence-electron chi connectivity index (χ1n) is 13.5.